The highest BCUT2D eigenvalue weighted by molar-refractivity contribution is 5.31. The molecule has 2 saturated heterocycles. The molecule has 26 heavy (non-hydrogen) atoms. The number of β-amino-alcohol motifs (C(OH)–C–C–N with tert-alkyl or cyclic N) is 1. The van der Waals surface area contributed by atoms with E-state index in [0.717, 1.165) is 30.9 Å². The zero-order valence-electron chi connectivity index (χ0n) is 16.3. The van der Waals surface area contributed by atoms with Crippen molar-refractivity contribution in [3.05, 3.63) is 24.3 Å². The molecule has 1 aromatic rings. The number of hydrogen-bond acceptors (Lipinski definition) is 5. The van der Waals surface area contributed by atoms with Gasteiger partial charge in [-0.25, -0.2) is 0 Å². The fourth-order valence-electron chi connectivity index (χ4n) is 4.01. The molecule has 3 rings (SSSR count). The van der Waals surface area contributed by atoms with Crippen LogP contribution >= 0.6 is 0 Å². The van der Waals surface area contributed by atoms with Gasteiger partial charge >= 0.3 is 0 Å². The van der Waals surface area contributed by atoms with Crippen molar-refractivity contribution < 1.29 is 19.3 Å². The molecule has 1 N–H and O–H groups in total. The van der Waals surface area contributed by atoms with Gasteiger partial charge in [-0.15, -0.1) is 0 Å². The van der Waals surface area contributed by atoms with Crippen molar-refractivity contribution in [2.45, 2.75) is 76.9 Å². The average Bonchev–Trinajstić information content (AvgIpc) is 3.04. The number of nitrogens with zero attached hydrogens (tertiary/aromatic N) is 1. The first-order valence-electron chi connectivity index (χ1n) is 9.95. The standard InChI is InChI=1S/C21H33NO4/c1-16-6-4-7-17(2)22(16)14-18(23)15-24-19-8-10-20(11-9-19)26-21(3)12-5-13-25-21/h8-11,16-18,23H,4-7,12-15H2,1-3H3. The lowest BCUT2D eigenvalue weighted by molar-refractivity contribution is -0.134. The van der Waals surface area contributed by atoms with E-state index in [2.05, 4.69) is 18.7 Å². The van der Waals surface area contributed by atoms with Crippen molar-refractivity contribution in [3.63, 3.8) is 0 Å². The number of likely N-dealkylation sites (tertiary alicyclic amines) is 1. The molecule has 0 saturated carbocycles. The first kappa shape index (κ1) is 19.5. The van der Waals surface area contributed by atoms with E-state index in [1.54, 1.807) is 0 Å². The zero-order valence-corrected chi connectivity index (χ0v) is 16.3. The smallest absolute Gasteiger partial charge is 0.207 e. The molecule has 4 unspecified atom stereocenters. The lowest BCUT2D eigenvalue weighted by atomic mass is 9.97. The molecule has 2 aliphatic heterocycles. The van der Waals surface area contributed by atoms with Gasteiger partial charge in [-0.2, -0.15) is 0 Å². The minimum Gasteiger partial charge on any atom is -0.491 e. The predicted octanol–water partition coefficient (Wildman–Crippen LogP) is 3.59. The van der Waals surface area contributed by atoms with Gasteiger partial charge in [0.15, 0.2) is 0 Å². The van der Waals surface area contributed by atoms with Gasteiger partial charge < -0.3 is 19.3 Å². The molecule has 4 atom stereocenters. The number of hydrogen-bond donors (Lipinski definition) is 1. The molecule has 0 radical (unpaired) electrons. The van der Waals surface area contributed by atoms with Crippen LogP contribution in [0.4, 0.5) is 0 Å². The largest absolute Gasteiger partial charge is 0.491 e. The van der Waals surface area contributed by atoms with Crippen LogP contribution in [0.1, 0.15) is 52.9 Å². The zero-order chi connectivity index (χ0) is 18.6. The maximum atomic E-state index is 10.4. The van der Waals surface area contributed by atoms with Gasteiger partial charge in [-0.1, -0.05) is 6.42 Å². The van der Waals surface area contributed by atoms with Crippen LogP contribution in [0.5, 0.6) is 11.5 Å². The van der Waals surface area contributed by atoms with Crippen LogP contribution in [0.25, 0.3) is 0 Å². The molecule has 0 amide bonds. The summed E-state index contributed by atoms with van der Waals surface area (Å²) in [4.78, 5) is 2.40. The lowest BCUT2D eigenvalue weighted by Gasteiger charge is -2.40. The molecule has 5 heteroatoms. The second-order valence-corrected chi connectivity index (χ2v) is 7.95. The van der Waals surface area contributed by atoms with E-state index >= 15 is 0 Å². The number of benzene rings is 1. The Labute approximate surface area is 157 Å². The summed E-state index contributed by atoms with van der Waals surface area (Å²) >= 11 is 0. The van der Waals surface area contributed by atoms with Crippen LogP contribution in [0.2, 0.25) is 0 Å². The highest BCUT2D eigenvalue weighted by atomic mass is 16.7. The second-order valence-electron chi connectivity index (χ2n) is 7.95. The third-order valence-corrected chi connectivity index (χ3v) is 5.58. The van der Waals surface area contributed by atoms with E-state index in [4.69, 9.17) is 14.2 Å². The summed E-state index contributed by atoms with van der Waals surface area (Å²) in [5.41, 5.74) is 0. The Bertz CT molecular complexity index is 546. The fourth-order valence-corrected chi connectivity index (χ4v) is 4.01. The van der Waals surface area contributed by atoms with Crippen LogP contribution in [-0.2, 0) is 4.74 Å². The summed E-state index contributed by atoms with van der Waals surface area (Å²) in [6.45, 7) is 8.19. The normalized spacial score (nSPS) is 30.9. The van der Waals surface area contributed by atoms with Crippen LogP contribution in [0, 0.1) is 0 Å². The Morgan fingerprint density at radius 2 is 1.81 bits per heavy atom. The number of rotatable bonds is 7. The van der Waals surface area contributed by atoms with Gasteiger partial charge in [-0.05, 0) is 57.4 Å². The summed E-state index contributed by atoms with van der Waals surface area (Å²) in [5.74, 6) is 1.01. The second kappa shape index (κ2) is 8.59. The van der Waals surface area contributed by atoms with E-state index in [1.165, 1.54) is 19.3 Å². The summed E-state index contributed by atoms with van der Waals surface area (Å²) in [6, 6.07) is 8.61. The quantitative estimate of drug-likeness (QED) is 0.802. The summed E-state index contributed by atoms with van der Waals surface area (Å²) in [7, 11) is 0. The van der Waals surface area contributed by atoms with Crippen molar-refractivity contribution in [2.75, 3.05) is 19.8 Å². The van der Waals surface area contributed by atoms with Gasteiger partial charge in [0.25, 0.3) is 0 Å². The van der Waals surface area contributed by atoms with E-state index in [0.29, 0.717) is 25.2 Å². The third kappa shape index (κ3) is 5.12. The molecule has 1 aromatic carbocycles. The highest BCUT2D eigenvalue weighted by Crippen LogP contribution is 2.29. The Morgan fingerprint density at radius 3 is 2.42 bits per heavy atom. The Morgan fingerprint density at radius 1 is 1.15 bits per heavy atom. The van der Waals surface area contributed by atoms with Crippen molar-refractivity contribution in [2.24, 2.45) is 0 Å². The van der Waals surface area contributed by atoms with Crippen molar-refractivity contribution in [1.82, 2.24) is 4.90 Å². The summed E-state index contributed by atoms with van der Waals surface area (Å²) in [6.07, 6.45) is 5.16. The summed E-state index contributed by atoms with van der Waals surface area (Å²) < 4.78 is 17.4. The van der Waals surface area contributed by atoms with E-state index in [1.807, 2.05) is 31.2 Å². The van der Waals surface area contributed by atoms with Crippen molar-refractivity contribution in [1.29, 1.82) is 0 Å². The molecule has 2 aliphatic rings. The van der Waals surface area contributed by atoms with Gasteiger partial charge in [0.05, 0.1) is 6.61 Å². The van der Waals surface area contributed by atoms with E-state index in [9.17, 15) is 5.11 Å². The van der Waals surface area contributed by atoms with Gasteiger partial charge in [0.2, 0.25) is 5.79 Å². The molecular weight excluding hydrogens is 330 g/mol. The molecule has 2 fully saturated rings. The van der Waals surface area contributed by atoms with Gasteiger partial charge in [0.1, 0.15) is 24.2 Å². The average molecular weight is 363 g/mol. The van der Waals surface area contributed by atoms with Gasteiger partial charge in [-0.3, -0.25) is 4.90 Å². The molecular formula is C21H33NO4. The summed E-state index contributed by atoms with van der Waals surface area (Å²) in [5, 5.41) is 10.4. The number of ether oxygens (including phenoxy) is 3. The molecule has 0 aliphatic carbocycles. The lowest BCUT2D eigenvalue weighted by Crippen LogP contribution is -2.48. The highest BCUT2D eigenvalue weighted by Gasteiger charge is 2.32. The maximum Gasteiger partial charge on any atom is 0.207 e. The van der Waals surface area contributed by atoms with Crippen LogP contribution in [0.15, 0.2) is 24.3 Å². The molecule has 5 nitrogen and oxygen atoms in total. The Balaban J connectivity index is 1.45. The molecule has 146 valence electrons. The SMILES string of the molecule is CC1CCCC(C)N1CC(O)COc1ccc(OC2(C)CCCO2)cc1. The minimum atomic E-state index is -0.513. The topological polar surface area (TPSA) is 51.2 Å². The first-order valence-corrected chi connectivity index (χ1v) is 9.95. The van der Waals surface area contributed by atoms with E-state index < -0.39 is 11.9 Å². The Kier molecular flexibility index (Phi) is 6.43. The monoisotopic (exact) mass is 363 g/mol. The molecule has 2 heterocycles. The predicted molar refractivity (Wildman–Crippen MR) is 102 cm³/mol. The number of aliphatic hydroxyl groups excluding tert-OH is 1. The molecule has 0 bridgehead atoms. The third-order valence-electron chi connectivity index (χ3n) is 5.58. The first-order chi connectivity index (χ1) is 12.5. The van der Waals surface area contributed by atoms with Gasteiger partial charge in [0, 0.05) is 32.0 Å². The number of aliphatic hydroxyl groups is 1. The fraction of sp³-hybridized carbons (Fsp3) is 0.714. The van der Waals surface area contributed by atoms with E-state index in [-0.39, 0.29) is 0 Å². The number of piperidine rings is 1. The molecule has 0 spiro atoms. The maximum absolute atomic E-state index is 10.4. The molecule has 0 aromatic heterocycles. The Hall–Kier alpha value is -1.30. The van der Waals surface area contributed by atoms with Crippen LogP contribution in [-0.4, -0.2) is 53.7 Å². The van der Waals surface area contributed by atoms with Crippen LogP contribution in [0.3, 0.4) is 0 Å². The van der Waals surface area contributed by atoms with Crippen molar-refractivity contribution >= 4 is 0 Å². The van der Waals surface area contributed by atoms with Crippen LogP contribution < -0.4 is 9.47 Å². The minimum absolute atomic E-state index is 0.303. The van der Waals surface area contributed by atoms with Crippen molar-refractivity contribution in [3.8, 4) is 11.5 Å².